The number of H-pyrrole nitrogens is 1. The SMILES string of the molecule is CN(c1nc(N)nc2nc[nH]c12)C1CCCCCC1. The normalized spacial score (nSPS) is 17.5. The van der Waals surface area contributed by atoms with Crippen LogP contribution in [0.4, 0.5) is 11.8 Å². The lowest BCUT2D eigenvalue weighted by Crippen LogP contribution is -2.32. The lowest BCUT2D eigenvalue weighted by molar-refractivity contribution is 0.550. The molecule has 0 radical (unpaired) electrons. The molecule has 2 aromatic heterocycles. The summed E-state index contributed by atoms with van der Waals surface area (Å²) >= 11 is 0. The van der Waals surface area contributed by atoms with Gasteiger partial charge in [-0.25, -0.2) is 4.98 Å². The minimum absolute atomic E-state index is 0.287. The van der Waals surface area contributed by atoms with Gasteiger partial charge in [0.2, 0.25) is 5.95 Å². The van der Waals surface area contributed by atoms with E-state index < -0.39 is 0 Å². The van der Waals surface area contributed by atoms with Crippen molar-refractivity contribution in [2.24, 2.45) is 0 Å². The van der Waals surface area contributed by atoms with E-state index in [-0.39, 0.29) is 5.95 Å². The Bertz CT molecular complexity index is 555. The van der Waals surface area contributed by atoms with Crippen LogP contribution in [0.3, 0.4) is 0 Å². The summed E-state index contributed by atoms with van der Waals surface area (Å²) in [6, 6.07) is 0.531. The molecule has 1 aliphatic rings. The predicted octanol–water partition coefficient (Wildman–Crippen LogP) is 2.09. The van der Waals surface area contributed by atoms with Crippen LogP contribution in [-0.2, 0) is 0 Å². The molecule has 0 saturated heterocycles. The highest BCUT2D eigenvalue weighted by molar-refractivity contribution is 5.84. The van der Waals surface area contributed by atoms with Crippen molar-refractivity contribution in [3.05, 3.63) is 6.33 Å². The molecule has 2 aromatic rings. The summed E-state index contributed by atoms with van der Waals surface area (Å²) in [5.74, 6) is 1.15. The molecule has 0 atom stereocenters. The Kier molecular flexibility index (Phi) is 3.23. The number of hydrogen-bond donors (Lipinski definition) is 2. The van der Waals surface area contributed by atoms with Crippen LogP contribution >= 0.6 is 0 Å². The molecule has 0 amide bonds. The fourth-order valence-electron chi connectivity index (χ4n) is 2.91. The summed E-state index contributed by atoms with van der Waals surface area (Å²) in [6.07, 6.45) is 9.35. The Labute approximate surface area is 112 Å². The molecule has 1 saturated carbocycles. The monoisotopic (exact) mass is 260 g/mol. The molecule has 0 spiro atoms. The maximum absolute atomic E-state index is 5.78. The van der Waals surface area contributed by atoms with Gasteiger partial charge < -0.3 is 15.6 Å². The minimum atomic E-state index is 0.287. The zero-order valence-electron chi connectivity index (χ0n) is 11.3. The van der Waals surface area contributed by atoms with Gasteiger partial charge >= 0.3 is 0 Å². The molecule has 1 fully saturated rings. The molecular formula is C13H20N6. The van der Waals surface area contributed by atoms with E-state index in [0.29, 0.717) is 11.7 Å². The average molecular weight is 260 g/mol. The molecule has 6 heteroatoms. The Hall–Kier alpha value is -1.85. The zero-order chi connectivity index (χ0) is 13.2. The average Bonchev–Trinajstić information content (AvgIpc) is 2.70. The summed E-state index contributed by atoms with van der Waals surface area (Å²) in [4.78, 5) is 18.1. The molecule has 2 heterocycles. The van der Waals surface area contributed by atoms with Crippen molar-refractivity contribution in [2.75, 3.05) is 17.7 Å². The quantitative estimate of drug-likeness (QED) is 0.808. The fourth-order valence-corrected chi connectivity index (χ4v) is 2.91. The van der Waals surface area contributed by atoms with Crippen LogP contribution in [0, 0.1) is 0 Å². The molecule has 0 bridgehead atoms. The van der Waals surface area contributed by atoms with E-state index in [4.69, 9.17) is 5.73 Å². The highest BCUT2D eigenvalue weighted by atomic mass is 15.2. The molecule has 19 heavy (non-hydrogen) atoms. The van der Waals surface area contributed by atoms with Gasteiger partial charge in [-0.2, -0.15) is 9.97 Å². The van der Waals surface area contributed by atoms with Crippen molar-refractivity contribution in [3.8, 4) is 0 Å². The minimum Gasteiger partial charge on any atom is -0.368 e. The molecule has 0 aromatic carbocycles. The lowest BCUT2D eigenvalue weighted by atomic mass is 10.1. The van der Waals surface area contributed by atoms with E-state index in [1.807, 2.05) is 0 Å². The Morgan fingerprint density at radius 1 is 1.21 bits per heavy atom. The Morgan fingerprint density at radius 3 is 2.68 bits per heavy atom. The number of nitrogens with one attached hydrogen (secondary N) is 1. The highest BCUT2D eigenvalue weighted by Crippen LogP contribution is 2.28. The lowest BCUT2D eigenvalue weighted by Gasteiger charge is -2.28. The molecular weight excluding hydrogens is 240 g/mol. The van der Waals surface area contributed by atoms with Gasteiger partial charge in [-0.3, -0.25) is 0 Å². The Balaban J connectivity index is 1.95. The molecule has 3 N–H and O–H groups in total. The van der Waals surface area contributed by atoms with Crippen LogP contribution in [0.2, 0.25) is 0 Å². The number of nitrogens with two attached hydrogens (primary N) is 1. The highest BCUT2D eigenvalue weighted by Gasteiger charge is 2.21. The first-order valence-electron chi connectivity index (χ1n) is 6.95. The summed E-state index contributed by atoms with van der Waals surface area (Å²) in [5.41, 5.74) is 7.30. The second-order valence-corrected chi connectivity index (χ2v) is 5.26. The third kappa shape index (κ3) is 2.34. The van der Waals surface area contributed by atoms with Gasteiger partial charge in [0.05, 0.1) is 6.33 Å². The largest absolute Gasteiger partial charge is 0.368 e. The second kappa shape index (κ2) is 5.03. The fraction of sp³-hybridized carbons (Fsp3) is 0.615. The van der Waals surface area contributed by atoms with Crippen LogP contribution in [0.15, 0.2) is 6.33 Å². The number of aromatic amines is 1. The smallest absolute Gasteiger partial charge is 0.224 e. The van der Waals surface area contributed by atoms with E-state index in [9.17, 15) is 0 Å². The van der Waals surface area contributed by atoms with E-state index in [2.05, 4.69) is 31.9 Å². The molecule has 102 valence electrons. The van der Waals surface area contributed by atoms with Crippen LogP contribution in [0.25, 0.3) is 11.2 Å². The predicted molar refractivity (Wildman–Crippen MR) is 76.0 cm³/mol. The number of anilines is 2. The van der Waals surface area contributed by atoms with Crippen LogP contribution in [-0.4, -0.2) is 33.0 Å². The number of rotatable bonds is 2. The van der Waals surface area contributed by atoms with Gasteiger partial charge in [-0.15, -0.1) is 0 Å². The number of imidazole rings is 1. The van der Waals surface area contributed by atoms with Crippen LogP contribution in [0.1, 0.15) is 38.5 Å². The number of fused-ring (bicyclic) bond motifs is 1. The van der Waals surface area contributed by atoms with Gasteiger partial charge in [0.1, 0.15) is 5.52 Å². The number of nitrogen functional groups attached to an aromatic ring is 1. The first-order chi connectivity index (χ1) is 9.25. The summed E-state index contributed by atoms with van der Waals surface area (Å²) < 4.78 is 0. The Morgan fingerprint density at radius 2 is 1.95 bits per heavy atom. The van der Waals surface area contributed by atoms with Crippen LogP contribution in [0.5, 0.6) is 0 Å². The first kappa shape index (κ1) is 12.2. The van der Waals surface area contributed by atoms with E-state index in [1.165, 1.54) is 38.5 Å². The van der Waals surface area contributed by atoms with Crippen molar-refractivity contribution in [1.82, 2.24) is 19.9 Å². The standard InChI is InChI=1S/C13H20N6/c1-19(9-6-4-2-3-5-7-9)12-10-11(16-8-15-10)17-13(14)18-12/h8-9H,2-7H2,1H3,(H3,14,15,16,17,18). The third-order valence-corrected chi connectivity index (χ3v) is 3.99. The topological polar surface area (TPSA) is 83.7 Å². The number of hydrogen-bond acceptors (Lipinski definition) is 5. The van der Waals surface area contributed by atoms with Gasteiger partial charge in [-0.05, 0) is 12.8 Å². The molecule has 6 nitrogen and oxygen atoms in total. The molecule has 1 aliphatic carbocycles. The van der Waals surface area contributed by atoms with Crippen molar-refractivity contribution >= 4 is 22.9 Å². The van der Waals surface area contributed by atoms with Gasteiger partial charge in [0.15, 0.2) is 11.5 Å². The summed E-state index contributed by atoms with van der Waals surface area (Å²) in [5, 5.41) is 0. The van der Waals surface area contributed by atoms with Gasteiger partial charge in [-0.1, -0.05) is 25.7 Å². The zero-order valence-corrected chi connectivity index (χ0v) is 11.3. The number of aromatic nitrogens is 4. The van der Waals surface area contributed by atoms with Crippen molar-refractivity contribution in [2.45, 2.75) is 44.6 Å². The van der Waals surface area contributed by atoms with E-state index >= 15 is 0 Å². The van der Waals surface area contributed by atoms with Gasteiger partial charge in [0, 0.05) is 13.1 Å². The second-order valence-electron chi connectivity index (χ2n) is 5.26. The third-order valence-electron chi connectivity index (χ3n) is 3.99. The first-order valence-corrected chi connectivity index (χ1v) is 6.95. The van der Waals surface area contributed by atoms with Crippen molar-refractivity contribution < 1.29 is 0 Å². The maximum Gasteiger partial charge on any atom is 0.224 e. The van der Waals surface area contributed by atoms with E-state index in [0.717, 1.165) is 11.3 Å². The van der Waals surface area contributed by atoms with E-state index in [1.54, 1.807) is 6.33 Å². The molecule has 0 aliphatic heterocycles. The van der Waals surface area contributed by atoms with Crippen LogP contribution < -0.4 is 10.6 Å². The van der Waals surface area contributed by atoms with Crippen molar-refractivity contribution in [3.63, 3.8) is 0 Å². The molecule has 0 unspecified atom stereocenters. The summed E-state index contributed by atoms with van der Waals surface area (Å²) in [7, 11) is 2.10. The number of nitrogens with zero attached hydrogens (tertiary/aromatic N) is 4. The maximum atomic E-state index is 5.78. The molecule has 3 rings (SSSR count). The van der Waals surface area contributed by atoms with Gasteiger partial charge in [0.25, 0.3) is 0 Å². The van der Waals surface area contributed by atoms with Crippen molar-refractivity contribution in [1.29, 1.82) is 0 Å². The summed E-state index contributed by atoms with van der Waals surface area (Å²) in [6.45, 7) is 0.